The highest BCUT2D eigenvalue weighted by atomic mass is 35.5. The molecule has 0 radical (unpaired) electrons. The van der Waals surface area contributed by atoms with Crippen LogP contribution >= 0.6 is 23.7 Å². The molecule has 0 aromatic carbocycles. The molecule has 126 valence electrons. The summed E-state index contributed by atoms with van der Waals surface area (Å²) < 4.78 is 31.4. The summed E-state index contributed by atoms with van der Waals surface area (Å²) in [4.78, 5) is 11.8. The molecule has 0 bridgehead atoms. The molecule has 0 saturated carbocycles. The first-order valence-corrected chi connectivity index (χ1v) is 9.11. The average Bonchev–Trinajstić information content (AvgIpc) is 2.96. The van der Waals surface area contributed by atoms with E-state index in [9.17, 15) is 13.2 Å². The number of sulfonamides is 1. The summed E-state index contributed by atoms with van der Waals surface area (Å²) in [5.41, 5.74) is 5.87. The fourth-order valence-corrected chi connectivity index (χ4v) is 5.30. The van der Waals surface area contributed by atoms with Gasteiger partial charge in [-0.15, -0.1) is 23.7 Å². The second-order valence-electron chi connectivity index (χ2n) is 5.21. The molecule has 1 aliphatic heterocycles. The van der Waals surface area contributed by atoms with E-state index in [-0.39, 0.29) is 28.2 Å². The highest BCUT2D eigenvalue weighted by Gasteiger charge is 2.33. The molecule has 9 heteroatoms. The zero-order valence-electron chi connectivity index (χ0n) is 12.5. The second-order valence-corrected chi connectivity index (χ2v) is 8.03. The number of carbonyl (C=O) groups is 1. The lowest BCUT2D eigenvalue weighted by atomic mass is 9.92. The third kappa shape index (κ3) is 3.80. The van der Waals surface area contributed by atoms with E-state index in [1.54, 1.807) is 5.38 Å². The van der Waals surface area contributed by atoms with Gasteiger partial charge < -0.3 is 10.5 Å². The molecule has 2 rings (SSSR count). The molecule has 1 aromatic heterocycles. The normalized spacial score (nSPS) is 18.5. The van der Waals surface area contributed by atoms with Crippen LogP contribution in [0, 0.1) is 5.92 Å². The lowest BCUT2D eigenvalue weighted by molar-refractivity contribution is 0.0602. The Hall–Kier alpha value is -0.670. The number of rotatable bonds is 4. The Kier molecular flexibility index (Phi) is 6.82. The number of methoxy groups -OCH3 is 1. The van der Waals surface area contributed by atoms with Crippen molar-refractivity contribution < 1.29 is 17.9 Å². The van der Waals surface area contributed by atoms with Gasteiger partial charge in [0.15, 0.2) is 0 Å². The maximum absolute atomic E-state index is 12.7. The minimum Gasteiger partial charge on any atom is -0.465 e. The van der Waals surface area contributed by atoms with Crippen molar-refractivity contribution in [3.8, 4) is 0 Å². The van der Waals surface area contributed by atoms with Gasteiger partial charge in [-0.1, -0.05) is 0 Å². The van der Waals surface area contributed by atoms with Gasteiger partial charge in [0.1, 0.15) is 9.77 Å². The minimum absolute atomic E-state index is 0. The maximum atomic E-state index is 12.7. The summed E-state index contributed by atoms with van der Waals surface area (Å²) in [6, 6.07) is 1.53. The molecule has 1 aliphatic rings. The molecule has 2 N–H and O–H groups in total. The molecule has 1 atom stereocenters. The van der Waals surface area contributed by atoms with Crippen LogP contribution in [0.15, 0.2) is 16.3 Å². The van der Waals surface area contributed by atoms with Gasteiger partial charge in [-0.3, -0.25) is 0 Å². The largest absolute Gasteiger partial charge is 0.465 e. The van der Waals surface area contributed by atoms with Crippen LogP contribution in [0.25, 0.3) is 0 Å². The Morgan fingerprint density at radius 2 is 2.05 bits per heavy atom. The van der Waals surface area contributed by atoms with Crippen LogP contribution in [0.1, 0.15) is 29.4 Å². The molecule has 22 heavy (non-hydrogen) atoms. The summed E-state index contributed by atoms with van der Waals surface area (Å²) in [5, 5.41) is 1.59. The van der Waals surface area contributed by atoms with Gasteiger partial charge in [0.05, 0.1) is 7.11 Å². The van der Waals surface area contributed by atoms with E-state index in [0.29, 0.717) is 19.0 Å². The van der Waals surface area contributed by atoms with Gasteiger partial charge >= 0.3 is 5.97 Å². The number of esters is 1. The lowest BCUT2D eigenvalue weighted by Gasteiger charge is -2.32. The van der Waals surface area contributed by atoms with E-state index in [2.05, 4.69) is 4.74 Å². The van der Waals surface area contributed by atoms with Gasteiger partial charge in [0.2, 0.25) is 10.0 Å². The zero-order valence-corrected chi connectivity index (χ0v) is 15.0. The highest BCUT2D eigenvalue weighted by molar-refractivity contribution is 7.89. The van der Waals surface area contributed by atoms with Crippen molar-refractivity contribution in [1.29, 1.82) is 0 Å². The average molecular weight is 369 g/mol. The van der Waals surface area contributed by atoms with Crippen molar-refractivity contribution in [2.45, 2.75) is 30.7 Å². The number of thiophene rings is 1. The van der Waals surface area contributed by atoms with Gasteiger partial charge in [-0.05, 0) is 37.1 Å². The van der Waals surface area contributed by atoms with E-state index < -0.39 is 16.0 Å². The van der Waals surface area contributed by atoms with Crippen LogP contribution in [0.5, 0.6) is 0 Å². The Balaban J connectivity index is 0.00000242. The molecule has 1 aromatic rings. The smallest absolute Gasteiger partial charge is 0.349 e. The third-order valence-corrected chi connectivity index (χ3v) is 6.82. The number of ether oxygens (including phenoxy) is 1. The first-order chi connectivity index (χ1) is 9.87. The number of nitrogens with two attached hydrogens (primary N) is 1. The van der Waals surface area contributed by atoms with E-state index in [1.807, 2.05) is 6.92 Å². The van der Waals surface area contributed by atoms with Gasteiger partial charge in [0, 0.05) is 19.1 Å². The van der Waals surface area contributed by atoms with Gasteiger partial charge in [0.25, 0.3) is 0 Å². The molecular formula is C13H21ClN2O4S2. The number of piperidine rings is 1. The number of nitrogens with zero attached hydrogens (tertiary/aromatic N) is 1. The summed E-state index contributed by atoms with van der Waals surface area (Å²) >= 11 is 1.08. The van der Waals surface area contributed by atoms with Gasteiger partial charge in [-0.25, -0.2) is 13.2 Å². The fraction of sp³-hybridized carbons (Fsp3) is 0.615. The summed E-state index contributed by atoms with van der Waals surface area (Å²) in [5.74, 6) is -0.270. The fourth-order valence-electron chi connectivity index (χ4n) is 2.52. The Morgan fingerprint density at radius 1 is 1.45 bits per heavy atom. The van der Waals surface area contributed by atoms with Crippen LogP contribution in [-0.4, -0.2) is 44.9 Å². The molecule has 6 nitrogen and oxygen atoms in total. The Morgan fingerprint density at radius 3 is 2.55 bits per heavy atom. The predicted octanol–water partition coefficient (Wildman–Crippen LogP) is 1.70. The van der Waals surface area contributed by atoms with Crippen LogP contribution in [0.2, 0.25) is 0 Å². The van der Waals surface area contributed by atoms with E-state index in [1.165, 1.54) is 17.5 Å². The predicted molar refractivity (Wildman–Crippen MR) is 88.0 cm³/mol. The topological polar surface area (TPSA) is 89.7 Å². The van der Waals surface area contributed by atoms with Gasteiger partial charge in [-0.2, -0.15) is 4.31 Å². The molecule has 2 heterocycles. The number of carbonyl (C=O) groups excluding carboxylic acids is 1. The molecule has 0 amide bonds. The second kappa shape index (κ2) is 7.74. The Labute approximate surface area is 141 Å². The minimum atomic E-state index is -3.65. The van der Waals surface area contributed by atoms with Crippen LogP contribution in [0.3, 0.4) is 0 Å². The number of hydrogen-bond donors (Lipinski definition) is 1. The molecule has 1 saturated heterocycles. The first-order valence-electron chi connectivity index (χ1n) is 6.79. The third-order valence-electron chi connectivity index (χ3n) is 3.86. The van der Waals surface area contributed by atoms with Crippen molar-refractivity contribution in [3.05, 3.63) is 16.3 Å². The van der Waals surface area contributed by atoms with Crippen LogP contribution < -0.4 is 5.73 Å². The molecule has 0 aliphatic carbocycles. The zero-order chi connectivity index (χ0) is 15.6. The number of halogens is 1. The molecule has 1 unspecified atom stereocenters. The van der Waals surface area contributed by atoms with Crippen molar-refractivity contribution in [2.75, 3.05) is 20.2 Å². The van der Waals surface area contributed by atoms with Crippen LogP contribution in [-0.2, 0) is 14.8 Å². The van der Waals surface area contributed by atoms with Crippen molar-refractivity contribution >= 4 is 39.7 Å². The van der Waals surface area contributed by atoms with Crippen molar-refractivity contribution in [2.24, 2.45) is 11.7 Å². The van der Waals surface area contributed by atoms with Crippen molar-refractivity contribution in [3.63, 3.8) is 0 Å². The first kappa shape index (κ1) is 19.4. The summed E-state index contributed by atoms with van der Waals surface area (Å²) in [6.07, 6.45) is 1.49. The van der Waals surface area contributed by atoms with Crippen LogP contribution in [0.4, 0.5) is 0 Å². The molecule has 1 fully saturated rings. The molecule has 0 spiro atoms. The highest BCUT2D eigenvalue weighted by Crippen LogP contribution is 2.29. The van der Waals surface area contributed by atoms with E-state index in [4.69, 9.17) is 5.73 Å². The summed E-state index contributed by atoms with van der Waals surface area (Å²) in [7, 11) is -2.41. The monoisotopic (exact) mass is 368 g/mol. The SMILES string of the molecule is COC(=O)c1sccc1S(=O)(=O)N1CCC(C(C)N)CC1.Cl. The maximum Gasteiger partial charge on any atom is 0.349 e. The summed E-state index contributed by atoms with van der Waals surface area (Å²) in [6.45, 7) is 2.82. The van der Waals surface area contributed by atoms with E-state index in [0.717, 1.165) is 24.2 Å². The Bertz CT molecular complexity index is 607. The molecular weight excluding hydrogens is 348 g/mol. The number of hydrogen-bond acceptors (Lipinski definition) is 6. The lowest BCUT2D eigenvalue weighted by Crippen LogP contribution is -2.42. The van der Waals surface area contributed by atoms with E-state index >= 15 is 0 Å². The quantitative estimate of drug-likeness (QED) is 0.817. The van der Waals surface area contributed by atoms with Crippen molar-refractivity contribution in [1.82, 2.24) is 4.31 Å². The standard InChI is InChI=1S/C13H20N2O4S2.ClH/c1-9(14)10-3-6-15(7-4-10)21(17,18)11-5-8-20-12(11)13(16)19-2;/h5,8-10H,3-4,6-7,14H2,1-2H3;1H.